The molecule has 34 heavy (non-hydrogen) atoms. The maximum Gasteiger partial charge on any atom is 0.274 e. The van der Waals surface area contributed by atoms with Gasteiger partial charge >= 0.3 is 0 Å². The number of nitrogens with zero attached hydrogens (tertiary/aromatic N) is 3. The first-order valence-electron chi connectivity index (χ1n) is 11.0. The number of H-pyrrole nitrogens is 1. The Kier molecular flexibility index (Phi) is 7.12. The minimum Gasteiger partial charge on any atom is -0.481 e. The van der Waals surface area contributed by atoms with E-state index in [-0.39, 0.29) is 35.3 Å². The molecule has 3 aromatic rings. The third kappa shape index (κ3) is 5.20. The lowest BCUT2D eigenvalue weighted by atomic mass is 9.95. The molecule has 1 aromatic carbocycles. The molecule has 0 radical (unpaired) electrons. The number of nitrogens with one attached hydrogen (secondary N) is 2. The number of halogens is 2. The molecule has 2 aromatic heterocycles. The first-order chi connectivity index (χ1) is 16.4. The van der Waals surface area contributed by atoms with Crippen molar-refractivity contribution in [2.75, 3.05) is 20.2 Å². The van der Waals surface area contributed by atoms with Crippen LogP contribution in [0.2, 0.25) is 5.02 Å². The largest absolute Gasteiger partial charge is 0.481 e. The molecule has 2 amide bonds. The normalized spacial score (nSPS) is 15.1. The highest BCUT2D eigenvalue weighted by Gasteiger charge is 2.29. The maximum atomic E-state index is 13.5. The van der Waals surface area contributed by atoms with E-state index in [9.17, 15) is 14.0 Å². The molecule has 0 bridgehead atoms. The molecule has 2 N–H and O–H groups in total. The fraction of sp³-hybridized carbons (Fsp3) is 0.333. The SMILES string of the molecule is COc1cc(-c2cc(C(=O)N3CCC(C(=O)NC(C)c4cccc(F)c4)CC3)n[nH]2)c(Cl)cn1. The minimum absolute atomic E-state index is 0.0906. The van der Waals surface area contributed by atoms with Crippen molar-refractivity contribution in [2.45, 2.75) is 25.8 Å². The number of benzene rings is 1. The van der Waals surface area contributed by atoms with Crippen LogP contribution in [0.1, 0.15) is 41.9 Å². The second-order valence-electron chi connectivity index (χ2n) is 8.23. The van der Waals surface area contributed by atoms with E-state index in [2.05, 4.69) is 20.5 Å². The molecule has 0 saturated carbocycles. The Morgan fingerprint density at radius 2 is 2.03 bits per heavy atom. The molecule has 1 saturated heterocycles. The molecule has 0 aliphatic carbocycles. The van der Waals surface area contributed by atoms with Gasteiger partial charge in [0.2, 0.25) is 11.8 Å². The van der Waals surface area contributed by atoms with E-state index in [0.717, 1.165) is 0 Å². The van der Waals surface area contributed by atoms with Gasteiger partial charge in [-0.2, -0.15) is 5.10 Å². The predicted octanol–water partition coefficient (Wildman–Crippen LogP) is 4.00. The predicted molar refractivity (Wildman–Crippen MR) is 125 cm³/mol. The van der Waals surface area contributed by atoms with Crippen LogP contribution in [0, 0.1) is 11.7 Å². The van der Waals surface area contributed by atoms with Crippen molar-refractivity contribution in [1.29, 1.82) is 0 Å². The fourth-order valence-electron chi connectivity index (χ4n) is 4.00. The molecule has 0 spiro atoms. The van der Waals surface area contributed by atoms with Gasteiger partial charge in [-0.15, -0.1) is 0 Å². The zero-order valence-electron chi connectivity index (χ0n) is 18.8. The zero-order chi connectivity index (χ0) is 24.2. The molecule has 178 valence electrons. The second-order valence-corrected chi connectivity index (χ2v) is 8.63. The van der Waals surface area contributed by atoms with Crippen LogP contribution in [-0.4, -0.2) is 52.1 Å². The van der Waals surface area contributed by atoms with Gasteiger partial charge in [0.15, 0.2) is 5.69 Å². The first-order valence-corrected chi connectivity index (χ1v) is 11.3. The lowest BCUT2D eigenvalue weighted by molar-refractivity contribution is -0.127. The molecular formula is C24H25ClFN5O3. The topological polar surface area (TPSA) is 100 Å². The van der Waals surface area contributed by atoms with Crippen molar-refractivity contribution in [3.63, 3.8) is 0 Å². The summed E-state index contributed by atoms with van der Waals surface area (Å²) in [6.07, 6.45) is 2.55. The smallest absolute Gasteiger partial charge is 0.274 e. The zero-order valence-corrected chi connectivity index (χ0v) is 19.6. The maximum absolute atomic E-state index is 13.5. The Bertz CT molecular complexity index is 1190. The number of pyridine rings is 1. The van der Waals surface area contributed by atoms with Crippen LogP contribution in [0.3, 0.4) is 0 Å². The highest BCUT2D eigenvalue weighted by molar-refractivity contribution is 6.33. The molecule has 3 heterocycles. The molecule has 1 unspecified atom stereocenters. The van der Waals surface area contributed by atoms with E-state index in [4.69, 9.17) is 16.3 Å². The molecule has 1 fully saturated rings. The van der Waals surface area contributed by atoms with Crippen molar-refractivity contribution >= 4 is 23.4 Å². The monoisotopic (exact) mass is 485 g/mol. The van der Waals surface area contributed by atoms with Crippen LogP contribution in [-0.2, 0) is 4.79 Å². The summed E-state index contributed by atoms with van der Waals surface area (Å²) in [5.74, 6) is -0.456. The molecule has 8 nitrogen and oxygen atoms in total. The van der Waals surface area contributed by atoms with E-state index in [1.165, 1.54) is 25.4 Å². The van der Waals surface area contributed by atoms with Gasteiger partial charge in [0, 0.05) is 30.6 Å². The Balaban J connectivity index is 1.35. The van der Waals surface area contributed by atoms with Crippen LogP contribution in [0.5, 0.6) is 5.88 Å². The first kappa shape index (κ1) is 23.7. The molecule has 10 heteroatoms. The number of carbonyl (C=O) groups is 2. The van der Waals surface area contributed by atoms with Crippen LogP contribution >= 0.6 is 11.6 Å². The fourth-order valence-corrected chi connectivity index (χ4v) is 4.21. The molecule has 1 aliphatic heterocycles. The van der Waals surface area contributed by atoms with E-state index in [1.54, 1.807) is 29.2 Å². The third-order valence-electron chi connectivity index (χ3n) is 5.99. The van der Waals surface area contributed by atoms with Crippen molar-refractivity contribution in [2.24, 2.45) is 5.92 Å². The summed E-state index contributed by atoms with van der Waals surface area (Å²) in [5, 5.41) is 10.4. The Morgan fingerprint density at radius 1 is 1.26 bits per heavy atom. The van der Waals surface area contributed by atoms with Gasteiger partial charge in [-0.05, 0) is 43.5 Å². The summed E-state index contributed by atoms with van der Waals surface area (Å²) in [7, 11) is 1.51. The number of carbonyl (C=O) groups excluding carboxylic acids is 2. The highest BCUT2D eigenvalue weighted by Crippen LogP contribution is 2.29. The molecule has 1 atom stereocenters. The van der Waals surface area contributed by atoms with E-state index in [1.807, 2.05) is 6.92 Å². The van der Waals surface area contributed by atoms with E-state index >= 15 is 0 Å². The average Bonchev–Trinajstić information content (AvgIpc) is 3.34. The summed E-state index contributed by atoms with van der Waals surface area (Å²) in [4.78, 5) is 31.4. The number of hydrogen-bond acceptors (Lipinski definition) is 5. The highest BCUT2D eigenvalue weighted by atomic mass is 35.5. The summed E-state index contributed by atoms with van der Waals surface area (Å²) < 4.78 is 18.6. The number of piperidine rings is 1. The van der Waals surface area contributed by atoms with Crippen LogP contribution in [0.15, 0.2) is 42.6 Å². The molecule has 1 aliphatic rings. The number of hydrogen-bond donors (Lipinski definition) is 2. The van der Waals surface area contributed by atoms with Gasteiger partial charge in [0.1, 0.15) is 5.82 Å². The summed E-state index contributed by atoms with van der Waals surface area (Å²) in [5.41, 5.74) is 2.18. The average molecular weight is 486 g/mol. The number of rotatable bonds is 6. The number of methoxy groups -OCH3 is 1. The number of aromatic amines is 1. The summed E-state index contributed by atoms with van der Waals surface area (Å²) in [6.45, 7) is 2.71. The second kappa shape index (κ2) is 10.2. The lowest BCUT2D eigenvalue weighted by Crippen LogP contribution is -2.43. The van der Waals surface area contributed by atoms with Gasteiger partial charge in [-0.3, -0.25) is 14.7 Å². The number of likely N-dealkylation sites (tertiary alicyclic amines) is 1. The van der Waals surface area contributed by atoms with Gasteiger partial charge < -0.3 is 15.0 Å². The summed E-state index contributed by atoms with van der Waals surface area (Å²) >= 11 is 6.24. The van der Waals surface area contributed by atoms with Crippen molar-refractivity contribution < 1.29 is 18.7 Å². The van der Waals surface area contributed by atoms with E-state index < -0.39 is 0 Å². The quantitative estimate of drug-likeness (QED) is 0.549. The van der Waals surface area contributed by atoms with Crippen molar-refractivity contribution in [3.8, 4) is 17.1 Å². The number of ether oxygens (including phenoxy) is 1. The Labute approximate surface area is 201 Å². The molecular weight excluding hydrogens is 461 g/mol. The summed E-state index contributed by atoms with van der Waals surface area (Å²) in [6, 6.07) is 9.19. The Hall–Kier alpha value is -3.46. The standard InChI is InChI=1S/C24H25ClFN5O3/c1-14(16-4-3-5-17(26)10-16)28-23(32)15-6-8-31(9-7-15)24(33)21-12-20(29-30-21)18-11-22(34-2)27-13-19(18)25/h3-5,10-15H,6-9H2,1-2H3,(H,28,32)(H,29,30). The Morgan fingerprint density at radius 3 is 2.74 bits per heavy atom. The number of amides is 2. The van der Waals surface area contributed by atoms with Crippen LogP contribution in [0.4, 0.5) is 4.39 Å². The van der Waals surface area contributed by atoms with Gasteiger partial charge in [0.05, 0.1) is 30.1 Å². The van der Waals surface area contributed by atoms with E-state index in [0.29, 0.717) is 53.7 Å². The van der Waals surface area contributed by atoms with Gasteiger partial charge in [-0.1, -0.05) is 23.7 Å². The third-order valence-corrected chi connectivity index (χ3v) is 6.29. The van der Waals surface area contributed by atoms with Gasteiger partial charge in [0.25, 0.3) is 5.91 Å². The van der Waals surface area contributed by atoms with Crippen molar-refractivity contribution in [1.82, 2.24) is 25.4 Å². The lowest BCUT2D eigenvalue weighted by Gasteiger charge is -2.31. The van der Waals surface area contributed by atoms with Crippen LogP contribution < -0.4 is 10.1 Å². The number of aromatic nitrogens is 3. The molecule has 4 rings (SSSR count). The van der Waals surface area contributed by atoms with Gasteiger partial charge in [-0.25, -0.2) is 9.37 Å². The van der Waals surface area contributed by atoms with Crippen LogP contribution in [0.25, 0.3) is 11.3 Å². The van der Waals surface area contributed by atoms with Crippen molar-refractivity contribution in [3.05, 3.63) is 64.7 Å². The minimum atomic E-state index is -0.336.